The topological polar surface area (TPSA) is 71.1 Å². The number of piperidine rings is 1. The fraction of sp³-hybridized carbons (Fsp3) is 0.769. The van der Waals surface area contributed by atoms with Crippen molar-refractivity contribution in [3.05, 3.63) is 11.9 Å². The molecule has 1 N–H and O–H groups in total. The van der Waals surface area contributed by atoms with Crippen LogP contribution in [0.15, 0.2) is 6.20 Å². The third-order valence-electron chi connectivity index (χ3n) is 3.36. The zero-order chi connectivity index (χ0) is 14.0. The summed E-state index contributed by atoms with van der Waals surface area (Å²) in [6.45, 7) is 8.41. The van der Waals surface area contributed by atoms with Gasteiger partial charge >= 0.3 is 6.09 Å². The van der Waals surface area contributed by atoms with Crippen molar-refractivity contribution in [2.75, 3.05) is 6.54 Å². The minimum absolute atomic E-state index is 0.158. The highest BCUT2D eigenvalue weighted by Gasteiger charge is 2.33. The Kier molecular flexibility index (Phi) is 3.78. The lowest BCUT2D eigenvalue weighted by Gasteiger charge is -2.37. The second kappa shape index (κ2) is 5.19. The number of aromatic nitrogens is 3. The molecule has 2 rings (SSSR count). The Labute approximate surface area is 113 Å². The summed E-state index contributed by atoms with van der Waals surface area (Å²) in [6, 6.07) is 0.158. The van der Waals surface area contributed by atoms with Crippen LogP contribution in [0, 0.1) is 0 Å². The fourth-order valence-electron chi connectivity index (χ4n) is 2.44. The number of nitrogens with zero attached hydrogens (tertiary/aromatic N) is 3. The van der Waals surface area contributed by atoms with E-state index in [9.17, 15) is 4.79 Å². The minimum atomic E-state index is -0.445. The number of hydrogen-bond donors (Lipinski definition) is 1. The van der Waals surface area contributed by atoms with Crippen LogP contribution in [0.2, 0.25) is 0 Å². The van der Waals surface area contributed by atoms with Crippen LogP contribution in [0.5, 0.6) is 0 Å². The molecule has 0 saturated carbocycles. The summed E-state index contributed by atoms with van der Waals surface area (Å²) in [4.78, 5) is 13.9. The van der Waals surface area contributed by atoms with Crippen molar-refractivity contribution in [1.29, 1.82) is 0 Å². The second-order valence-electron chi connectivity index (χ2n) is 6.14. The van der Waals surface area contributed by atoms with E-state index in [1.807, 2.05) is 25.7 Å². The number of nitrogens with one attached hydrogen (secondary N) is 1. The molecular formula is C13H22N4O2. The van der Waals surface area contributed by atoms with Crippen molar-refractivity contribution >= 4 is 6.09 Å². The molecule has 1 amide bonds. The molecule has 0 bridgehead atoms. The molecule has 2 atom stereocenters. The van der Waals surface area contributed by atoms with Gasteiger partial charge in [-0.1, -0.05) is 0 Å². The molecule has 6 heteroatoms. The maximum absolute atomic E-state index is 12.1. The smallest absolute Gasteiger partial charge is 0.410 e. The molecule has 0 spiro atoms. The van der Waals surface area contributed by atoms with Gasteiger partial charge in [0.2, 0.25) is 0 Å². The monoisotopic (exact) mass is 266 g/mol. The van der Waals surface area contributed by atoms with E-state index in [0.717, 1.165) is 18.5 Å². The van der Waals surface area contributed by atoms with E-state index >= 15 is 0 Å². The van der Waals surface area contributed by atoms with Gasteiger partial charge in [0, 0.05) is 18.5 Å². The lowest BCUT2D eigenvalue weighted by Crippen LogP contribution is -2.46. The van der Waals surface area contributed by atoms with E-state index in [1.54, 1.807) is 6.20 Å². The average molecular weight is 266 g/mol. The zero-order valence-electron chi connectivity index (χ0n) is 12.0. The molecule has 2 heterocycles. The number of aromatic amines is 1. The largest absolute Gasteiger partial charge is 0.444 e. The molecular weight excluding hydrogens is 244 g/mol. The molecule has 1 aliphatic rings. The van der Waals surface area contributed by atoms with Gasteiger partial charge in [0.05, 0.1) is 11.9 Å². The predicted octanol–water partition coefficient (Wildman–Crippen LogP) is 2.31. The van der Waals surface area contributed by atoms with Crippen LogP contribution in [0.25, 0.3) is 0 Å². The number of ether oxygens (including phenoxy) is 1. The normalized spacial score (nSPS) is 24.3. The first-order valence-electron chi connectivity index (χ1n) is 6.72. The summed E-state index contributed by atoms with van der Waals surface area (Å²) in [7, 11) is 0. The van der Waals surface area contributed by atoms with Crippen molar-refractivity contribution < 1.29 is 9.53 Å². The van der Waals surface area contributed by atoms with Crippen LogP contribution in [0.1, 0.15) is 52.1 Å². The van der Waals surface area contributed by atoms with Crippen LogP contribution in [0.3, 0.4) is 0 Å². The highest BCUT2D eigenvalue weighted by Crippen LogP contribution is 2.30. The van der Waals surface area contributed by atoms with Crippen molar-refractivity contribution in [2.24, 2.45) is 0 Å². The Morgan fingerprint density at radius 1 is 1.53 bits per heavy atom. The highest BCUT2D eigenvalue weighted by molar-refractivity contribution is 5.68. The summed E-state index contributed by atoms with van der Waals surface area (Å²) in [5.41, 5.74) is 0.537. The van der Waals surface area contributed by atoms with E-state index in [4.69, 9.17) is 4.74 Å². The SMILES string of the molecule is C[C@@H]1C[C@H](c2cn[nH]n2)CCN1C(=O)OC(C)(C)C. The van der Waals surface area contributed by atoms with Gasteiger partial charge in [-0.25, -0.2) is 4.79 Å². The van der Waals surface area contributed by atoms with Crippen LogP contribution in [-0.4, -0.2) is 44.6 Å². The van der Waals surface area contributed by atoms with E-state index in [1.165, 1.54) is 0 Å². The molecule has 1 aromatic heterocycles. The van der Waals surface area contributed by atoms with Crippen molar-refractivity contribution in [3.63, 3.8) is 0 Å². The zero-order valence-corrected chi connectivity index (χ0v) is 12.0. The molecule has 106 valence electrons. The number of carbonyl (C=O) groups is 1. The molecule has 0 aromatic carbocycles. The van der Waals surface area contributed by atoms with Gasteiger partial charge in [0.1, 0.15) is 5.60 Å². The molecule has 19 heavy (non-hydrogen) atoms. The fourth-order valence-corrected chi connectivity index (χ4v) is 2.44. The van der Waals surface area contributed by atoms with Crippen LogP contribution < -0.4 is 0 Å². The number of H-pyrrole nitrogens is 1. The molecule has 1 saturated heterocycles. The molecule has 1 aromatic rings. The van der Waals surface area contributed by atoms with E-state index in [-0.39, 0.29) is 12.1 Å². The predicted molar refractivity (Wildman–Crippen MR) is 70.8 cm³/mol. The lowest BCUT2D eigenvalue weighted by atomic mass is 9.90. The van der Waals surface area contributed by atoms with Crippen LogP contribution in [-0.2, 0) is 4.74 Å². The van der Waals surface area contributed by atoms with Gasteiger partial charge in [0.25, 0.3) is 0 Å². The number of amides is 1. The molecule has 1 aliphatic heterocycles. The summed E-state index contributed by atoms with van der Waals surface area (Å²) in [5.74, 6) is 0.368. The maximum atomic E-state index is 12.1. The standard InChI is InChI=1S/C13H22N4O2/c1-9-7-10(11-8-14-16-15-11)5-6-17(9)12(18)19-13(2,3)4/h8-10H,5-7H2,1-4H3,(H,14,15,16)/t9-,10-/m1/s1. The molecule has 0 unspecified atom stereocenters. The molecule has 0 radical (unpaired) electrons. The third-order valence-corrected chi connectivity index (χ3v) is 3.36. The number of hydrogen-bond acceptors (Lipinski definition) is 4. The Hall–Kier alpha value is -1.59. The van der Waals surface area contributed by atoms with Gasteiger partial charge in [-0.15, -0.1) is 0 Å². The Morgan fingerprint density at radius 2 is 2.26 bits per heavy atom. The van der Waals surface area contributed by atoms with E-state index < -0.39 is 5.60 Å². The number of rotatable bonds is 1. The summed E-state index contributed by atoms with van der Waals surface area (Å²) >= 11 is 0. The average Bonchev–Trinajstić information content (AvgIpc) is 2.79. The lowest BCUT2D eigenvalue weighted by molar-refractivity contribution is 0.0102. The first-order valence-corrected chi connectivity index (χ1v) is 6.72. The molecule has 0 aliphatic carbocycles. The first kappa shape index (κ1) is 13.8. The Morgan fingerprint density at radius 3 is 2.79 bits per heavy atom. The first-order chi connectivity index (χ1) is 8.87. The maximum Gasteiger partial charge on any atom is 0.410 e. The van der Waals surface area contributed by atoms with Crippen LogP contribution in [0.4, 0.5) is 4.79 Å². The van der Waals surface area contributed by atoms with Gasteiger partial charge in [0.15, 0.2) is 0 Å². The van der Waals surface area contributed by atoms with E-state index in [0.29, 0.717) is 12.5 Å². The number of likely N-dealkylation sites (tertiary alicyclic amines) is 1. The highest BCUT2D eigenvalue weighted by atomic mass is 16.6. The second-order valence-corrected chi connectivity index (χ2v) is 6.14. The quantitative estimate of drug-likeness (QED) is 0.846. The minimum Gasteiger partial charge on any atom is -0.444 e. The summed E-state index contributed by atoms with van der Waals surface area (Å²) in [6.07, 6.45) is 3.33. The van der Waals surface area contributed by atoms with Gasteiger partial charge < -0.3 is 9.64 Å². The Balaban J connectivity index is 1.95. The van der Waals surface area contributed by atoms with Gasteiger partial charge in [-0.2, -0.15) is 15.4 Å². The van der Waals surface area contributed by atoms with Crippen LogP contribution >= 0.6 is 0 Å². The van der Waals surface area contributed by atoms with Crippen molar-refractivity contribution in [3.8, 4) is 0 Å². The summed E-state index contributed by atoms with van der Waals surface area (Å²) < 4.78 is 5.43. The van der Waals surface area contributed by atoms with Crippen molar-refractivity contribution in [1.82, 2.24) is 20.3 Å². The van der Waals surface area contributed by atoms with Gasteiger partial charge in [-0.05, 0) is 40.5 Å². The van der Waals surface area contributed by atoms with Crippen molar-refractivity contribution in [2.45, 2.75) is 58.1 Å². The third kappa shape index (κ3) is 3.45. The number of carbonyl (C=O) groups excluding carboxylic acids is 1. The molecule has 1 fully saturated rings. The van der Waals surface area contributed by atoms with Gasteiger partial charge in [-0.3, -0.25) is 0 Å². The summed E-state index contributed by atoms with van der Waals surface area (Å²) in [5, 5.41) is 10.6. The molecule has 6 nitrogen and oxygen atoms in total. The Bertz CT molecular complexity index is 424. The van der Waals surface area contributed by atoms with E-state index in [2.05, 4.69) is 22.3 Å².